The minimum atomic E-state index is -0.518. The first-order valence-electron chi connectivity index (χ1n) is 5.17. The number of phenolic OH excluding ortho intramolecular Hbond substituents is 2. The summed E-state index contributed by atoms with van der Waals surface area (Å²) in [5.41, 5.74) is 11.2. The molecule has 100 valence electrons. The standard InChI is InChI=1S/C6H7N3O2.C6H6O2/c7-5-2-1-4(9(10)11)3-6(5)8;7-5-2-1-3-6(8)4-5/h1-3H,7-8H2;1-4,7-8H. The van der Waals surface area contributed by atoms with E-state index in [1.165, 1.54) is 36.4 Å². The summed E-state index contributed by atoms with van der Waals surface area (Å²) in [6, 6.07) is 9.80. The van der Waals surface area contributed by atoms with Crippen molar-refractivity contribution in [3.05, 3.63) is 52.6 Å². The number of nitro groups is 1. The van der Waals surface area contributed by atoms with E-state index in [1.807, 2.05) is 0 Å². The van der Waals surface area contributed by atoms with Crippen LogP contribution in [0.5, 0.6) is 11.5 Å². The highest BCUT2D eigenvalue weighted by Crippen LogP contribution is 2.20. The largest absolute Gasteiger partial charge is 0.508 e. The summed E-state index contributed by atoms with van der Waals surface area (Å²) < 4.78 is 0. The van der Waals surface area contributed by atoms with E-state index in [2.05, 4.69) is 0 Å². The van der Waals surface area contributed by atoms with Crippen LogP contribution in [-0.4, -0.2) is 15.1 Å². The van der Waals surface area contributed by atoms with Gasteiger partial charge in [-0.25, -0.2) is 0 Å². The SMILES string of the molecule is Nc1ccc([N+](=O)[O-])cc1N.Oc1cccc(O)c1. The molecular formula is C12H13N3O4. The molecule has 2 rings (SSSR count). The molecule has 0 radical (unpaired) electrons. The third-order valence-electron chi connectivity index (χ3n) is 2.11. The van der Waals surface area contributed by atoms with Gasteiger partial charge in [0.1, 0.15) is 11.5 Å². The van der Waals surface area contributed by atoms with Gasteiger partial charge < -0.3 is 21.7 Å². The first-order valence-corrected chi connectivity index (χ1v) is 5.17. The van der Waals surface area contributed by atoms with Gasteiger partial charge in [-0.1, -0.05) is 6.07 Å². The van der Waals surface area contributed by atoms with Crippen molar-refractivity contribution in [1.82, 2.24) is 0 Å². The van der Waals surface area contributed by atoms with E-state index in [0.29, 0.717) is 5.69 Å². The van der Waals surface area contributed by atoms with Crippen molar-refractivity contribution in [2.75, 3.05) is 11.5 Å². The first kappa shape index (κ1) is 14.1. The molecule has 0 bridgehead atoms. The summed E-state index contributed by atoms with van der Waals surface area (Å²) in [5.74, 6) is 0.176. The fourth-order valence-electron chi connectivity index (χ4n) is 1.17. The lowest BCUT2D eigenvalue weighted by molar-refractivity contribution is -0.384. The lowest BCUT2D eigenvalue weighted by Gasteiger charge is -1.97. The number of nitro benzene ring substituents is 1. The van der Waals surface area contributed by atoms with E-state index in [1.54, 1.807) is 6.07 Å². The Hall–Kier alpha value is -2.96. The number of nitrogens with zero attached hydrogens (tertiary/aromatic N) is 1. The van der Waals surface area contributed by atoms with Gasteiger partial charge in [0.2, 0.25) is 0 Å². The Kier molecular flexibility index (Phi) is 4.53. The third kappa shape index (κ3) is 4.43. The van der Waals surface area contributed by atoms with E-state index in [9.17, 15) is 10.1 Å². The maximum absolute atomic E-state index is 10.2. The van der Waals surface area contributed by atoms with Gasteiger partial charge in [-0.15, -0.1) is 0 Å². The van der Waals surface area contributed by atoms with Crippen LogP contribution in [0, 0.1) is 10.1 Å². The molecule has 0 amide bonds. The second-order valence-corrected chi connectivity index (χ2v) is 3.59. The molecule has 0 spiro atoms. The van der Waals surface area contributed by atoms with Crippen molar-refractivity contribution in [3.8, 4) is 11.5 Å². The number of aromatic hydroxyl groups is 2. The van der Waals surface area contributed by atoms with Gasteiger partial charge in [0.25, 0.3) is 5.69 Å². The Morgan fingerprint density at radius 1 is 0.947 bits per heavy atom. The second kappa shape index (κ2) is 6.10. The number of benzene rings is 2. The maximum atomic E-state index is 10.2. The Labute approximate surface area is 108 Å². The fraction of sp³-hybridized carbons (Fsp3) is 0. The van der Waals surface area contributed by atoms with Crippen LogP contribution < -0.4 is 11.5 Å². The lowest BCUT2D eigenvalue weighted by atomic mass is 10.2. The number of nitrogen functional groups attached to an aromatic ring is 2. The Bertz CT molecular complexity index is 570. The fourth-order valence-corrected chi connectivity index (χ4v) is 1.17. The molecule has 0 saturated heterocycles. The predicted octanol–water partition coefficient (Wildman–Crippen LogP) is 1.86. The van der Waals surface area contributed by atoms with Crippen LogP contribution in [0.4, 0.5) is 17.1 Å². The van der Waals surface area contributed by atoms with E-state index >= 15 is 0 Å². The van der Waals surface area contributed by atoms with Gasteiger partial charge >= 0.3 is 0 Å². The summed E-state index contributed by atoms with van der Waals surface area (Å²) in [5, 5.41) is 27.5. The van der Waals surface area contributed by atoms with Crippen LogP contribution >= 0.6 is 0 Å². The van der Waals surface area contributed by atoms with Crippen molar-refractivity contribution in [1.29, 1.82) is 0 Å². The monoisotopic (exact) mass is 263 g/mol. The Morgan fingerprint density at radius 3 is 1.89 bits per heavy atom. The molecule has 7 heteroatoms. The van der Waals surface area contributed by atoms with Gasteiger partial charge in [0.05, 0.1) is 16.3 Å². The van der Waals surface area contributed by atoms with Gasteiger partial charge in [-0.05, 0) is 18.2 Å². The molecule has 0 atom stereocenters. The summed E-state index contributed by atoms with van der Waals surface area (Å²) >= 11 is 0. The molecule has 0 aliphatic rings. The van der Waals surface area contributed by atoms with Crippen molar-refractivity contribution in [2.45, 2.75) is 0 Å². The maximum Gasteiger partial charge on any atom is 0.271 e. The van der Waals surface area contributed by atoms with Crippen LogP contribution in [0.3, 0.4) is 0 Å². The molecule has 2 aromatic carbocycles. The minimum absolute atomic E-state index is 0.0447. The third-order valence-corrected chi connectivity index (χ3v) is 2.11. The van der Waals surface area contributed by atoms with E-state index < -0.39 is 4.92 Å². The summed E-state index contributed by atoms with van der Waals surface area (Å²) in [6.07, 6.45) is 0. The van der Waals surface area contributed by atoms with Gasteiger partial charge in [0.15, 0.2) is 0 Å². The highest BCUT2D eigenvalue weighted by molar-refractivity contribution is 5.66. The highest BCUT2D eigenvalue weighted by atomic mass is 16.6. The molecule has 0 unspecified atom stereocenters. The topological polar surface area (TPSA) is 136 Å². The van der Waals surface area contributed by atoms with Crippen LogP contribution in [0.1, 0.15) is 0 Å². The predicted molar refractivity (Wildman–Crippen MR) is 71.7 cm³/mol. The number of anilines is 2. The molecule has 0 aliphatic carbocycles. The molecule has 2 aromatic rings. The molecule has 0 aliphatic heterocycles. The number of nitrogens with two attached hydrogens (primary N) is 2. The van der Waals surface area contributed by atoms with Crippen molar-refractivity contribution in [3.63, 3.8) is 0 Å². The van der Waals surface area contributed by atoms with Crippen LogP contribution in [-0.2, 0) is 0 Å². The average molecular weight is 263 g/mol. The van der Waals surface area contributed by atoms with E-state index in [-0.39, 0.29) is 22.9 Å². The normalized spacial score (nSPS) is 9.26. The number of hydrogen-bond donors (Lipinski definition) is 4. The first-order chi connectivity index (χ1) is 8.90. The molecule has 0 heterocycles. The molecule has 0 fully saturated rings. The highest BCUT2D eigenvalue weighted by Gasteiger charge is 2.05. The average Bonchev–Trinajstić information content (AvgIpc) is 2.33. The number of non-ortho nitro benzene ring substituents is 1. The molecule has 7 nitrogen and oxygen atoms in total. The molecular weight excluding hydrogens is 250 g/mol. The molecule has 0 aromatic heterocycles. The molecule has 19 heavy (non-hydrogen) atoms. The Balaban J connectivity index is 0.000000200. The van der Waals surface area contributed by atoms with Crippen LogP contribution in [0.25, 0.3) is 0 Å². The van der Waals surface area contributed by atoms with E-state index in [4.69, 9.17) is 21.7 Å². The zero-order chi connectivity index (χ0) is 14.4. The second-order valence-electron chi connectivity index (χ2n) is 3.59. The number of hydrogen-bond acceptors (Lipinski definition) is 6. The van der Waals surface area contributed by atoms with Crippen molar-refractivity contribution in [2.24, 2.45) is 0 Å². The van der Waals surface area contributed by atoms with Crippen molar-refractivity contribution < 1.29 is 15.1 Å². The molecule has 0 saturated carbocycles. The summed E-state index contributed by atoms with van der Waals surface area (Å²) in [6.45, 7) is 0. The van der Waals surface area contributed by atoms with Crippen molar-refractivity contribution >= 4 is 17.1 Å². The quantitative estimate of drug-likeness (QED) is 0.352. The van der Waals surface area contributed by atoms with Gasteiger partial charge in [-0.2, -0.15) is 0 Å². The lowest BCUT2D eigenvalue weighted by Crippen LogP contribution is -1.96. The molecule has 6 N–H and O–H groups in total. The number of phenols is 2. The van der Waals surface area contributed by atoms with E-state index in [0.717, 1.165) is 0 Å². The van der Waals surface area contributed by atoms with Crippen LogP contribution in [0.2, 0.25) is 0 Å². The summed E-state index contributed by atoms with van der Waals surface area (Å²) in [4.78, 5) is 9.66. The number of rotatable bonds is 1. The van der Waals surface area contributed by atoms with Gasteiger partial charge in [-0.3, -0.25) is 10.1 Å². The van der Waals surface area contributed by atoms with Gasteiger partial charge in [0, 0.05) is 18.2 Å². The minimum Gasteiger partial charge on any atom is -0.508 e. The zero-order valence-electron chi connectivity index (χ0n) is 9.85. The van der Waals surface area contributed by atoms with Crippen LogP contribution in [0.15, 0.2) is 42.5 Å². The zero-order valence-corrected chi connectivity index (χ0v) is 9.85. The Morgan fingerprint density at radius 2 is 1.53 bits per heavy atom. The summed E-state index contributed by atoms with van der Waals surface area (Å²) in [7, 11) is 0. The smallest absolute Gasteiger partial charge is 0.271 e.